The van der Waals surface area contributed by atoms with Crippen LogP contribution in [0.15, 0.2) is 48.5 Å². The zero-order valence-corrected chi connectivity index (χ0v) is 15.3. The van der Waals surface area contributed by atoms with Crippen LogP contribution >= 0.6 is 0 Å². The van der Waals surface area contributed by atoms with E-state index in [9.17, 15) is 4.79 Å². The fraction of sp³-hybridized carbons (Fsp3) is 0.333. The third kappa shape index (κ3) is 4.04. The molecule has 0 saturated carbocycles. The SMILES string of the molecule is CCc1ccc(OCCCn2c([C@@H](C)NC=O)nc3ccccc32)cc1. The summed E-state index contributed by atoms with van der Waals surface area (Å²) in [7, 11) is 0. The van der Waals surface area contributed by atoms with Gasteiger partial charge in [-0.05, 0) is 49.6 Å². The fourth-order valence-corrected chi connectivity index (χ4v) is 3.07. The summed E-state index contributed by atoms with van der Waals surface area (Å²) in [6, 6.07) is 16.1. The van der Waals surface area contributed by atoms with Crippen molar-refractivity contribution in [2.45, 2.75) is 39.3 Å². The third-order valence-corrected chi connectivity index (χ3v) is 4.52. The summed E-state index contributed by atoms with van der Waals surface area (Å²) in [5.74, 6) is 1.76. The van der Waals surface area contributed by atoms with Crippen molar-refractivity contribution in [2.75, 3.05) is 6.61 Å². The van der Waals surface area contributed by atoms with Gasteiger partial charge in [0.05, 0.1) is 23.7 Å². The van der Waals surface area contributed by atoms with Gasteiger partial charge in [0, 0.05) is 6.54 Å². The highest BCUT2D eigenvalue weighted by molar-refractivity contribution is 5.76. The van der Waals surface area contributed by atoms with Crippen LogP contribution in [-0.4, -0.2) is 22.6 Å². The van der Waals surface area contributed by atoms with Gasteiger partial charge < -0.3 is 14.6 Å². The molecular weight excluding hydrogens is 326 g/mol. The number of nitrogens with one attached hydrogen (secondary N) is 1. The summed E-state index contributed by atoms with van der Waals surface area (Å²) < 4.78 is 8.02. The maximum atomic E-state index is 10.8. The van der Waals surface area contributed by atoms with Gasteiger partial charge in [0.15, 0.2) is 0 Å². The summed E-state index contributed by atoms with van der Waals surface area (Å²) in [5.41, 5.74) is 3.33. The molecule has 0 saturated heterocycles. The standard InChI is InChI=1S/C21H25N3O2/c1-3-17-9-11-18(12-10-17)26-14-6-13-24-20-8-5-4-7-19(20)23-21(24)16(2)22-15-25/h4-5,7-12,15-16H,3,6,13-14H2,1-2H3,(H,22,25)/t16-/m1/s1. The second-order valence-electron chi connectivity index (χ2n) is 6.32. The molecule has 3 rings (SSSR count). The van der Waals surface area contributed by atoms with E-state index in [0.717, 1.165) is 48.4 Å². The lowest BCUT2D eigenvalue weighted by Crippen LogP contribution is -2.21. The molecule has 3 aromatic rings. The van der Waals surface area contributed by atoms with E-state index in [0.29, 0.717) is 6.61 Å². The van der Waals surface area contributed by atoms with Gasteiger partial charge in [0.25, 0.3) is 0 Å². The molecule has 0 radical (unpaired) electrons. The van der Waals surface area contributed by atoms with Crippen molar-refractivity contribution in [1.82, 2.24) is 14.9 Å². The van der Waals surface area contributed by atoms with Crippen LogP contribution in [0.2, 0.25) is 0 Å². The first kappa shape index (κ1) is 18.0. The monoisotopic (exact) mass is 351 g/mol. The third-order valence-electron chi connectivity index (χ3n) is 4.52. The average molecular weight is 351 g/mol. The first-order valence-electron chi connectivity index (χ1n) is 9.09. The number of imidazole rings is 1. The predicted octanol–water partition coefficient (Wildman–Crippen LogP) is 3.87. The minimum Gasteiger partial charge on any atom is -0.494 e. The second kappa shape index (κ2) is 8.52. The number of hydrogen-bond acceptors (Lipinski definition) is 3. The minimum absolute atomic E-state index is 0.137. The molecule has 136 valence electrons. The predicted molar refractivity (Wildman–Crippen MR) is 103 cm³/mol. The highest BCUT2D eigenvalue weighted by Crippen LogP contribution is 2.21. The molecule has 1 aromatic heterocycles. The van der Waals surface area contributed by atoms with Crippen molar-refractivity contribution in [3.8, 4) is 5.75 Å². The Labute approximate surface area is 154 Å². The maximum absolute atomic E-state index is 10.8. The number of nitrogens with zero attached hydrogens (tertiary/aromatic N) is 2. The molecule has 1 atom stereocenters. The summed E-state index contributed by atoms with van der Waals surface area (Å²) >= 11 is 0. The van der Waals surface area contributed by atoms with Crippen LogP contribution in [0, 0.1) is 0 Å². The van der Waals surface area contributed by atoms with Crippen LogP contribution < -0.4 is 10.1 Å². The molecule has 1 heterocycles. The van der Waals surface area contributed by atoms with Gasteiger partial charge in [-0.15, -0.1) is 0 Å². The van der Waals surface area contributed by atoms with Gasteiger partial charge in [-0.3, -0.25) is 4.79 Å². The van der Waals surface area contributed by atoms with Crippen molar-refractivity contribution in [1.29, 1.82) is 0 Å². The van der Waals surface area contributed by atoms with Gasteiger partial charge in [-0.25, -0.2) is 4.98 Å². The van der Waals surface area contributed by atoms with Crippen LogP contribution in [0.1, 0.15) is 37.7 Å². The maximum Gasteiger partial charge on any atom is 0.207 e. The molecule has 2 aromatic carbocycles. The lowest BCUT2D eigenvalue weighted by Gasteiger charge is -2.14. The quantitative estimate of drug-likeness (QED) is 0.470. The Morgan fingerprint density at radius 3 is 2.69 bits per heavy atom. The Morgan fingerprint density at radius 2 is 1.96 bits per heavy atom. The first-order valence-corrected chi connectivity index (χ1v) is 9.09. The van der Waals surface area contributed by atoms with Gasteiger partial charge in [0.2, 0.25) is 6.41 Å². The van der Waals surface area contributed by atoms with Crippen molar-refractivity contribution in [2.24, 2.45) is 0 Å². The summed E-state index contributed by atoms with van der Waals surface area (Å²) in [6.45, 7) is 5.50. The zero-order chi connectivity index (χ0) is 18.4. The van der Waals surface area contributed by atoms with E-state index in [-0.39, 0.29) is 6.04 Å². The summed E-state index contributed by atoms with van der Waals surface area (Å²) in [6.07, 6.45) is 2.61. The van der Waals surface area contributed by atoms with Crippen molar-refractivity contribution in [3.63, 3.8) is 0 Å². The second-order valence-corrected chi connectivity index (χ2v) is 6.32. The molecule has 0 bridgehead atoms. The number of amides is 1. The Bertz CT molecular complexity index is 855. The number of ether oxygens (including phenoxy) is 1. The summed E-state index contributed by atoms with van der Waals surface area (Å²) in [5, 5.41) is 2.80. The van der Waals surface area contributed by atoms with E-state index in [2.05, 4.69) is 40.0 Å². The van der Waals surface area contributed by atoms with Crippen LogP contribution in [0.5, 0.6) is 5.75 Å². The molecule has 0 fully saturated rings. The molecule has 1 N–H and O–H groups in total. The van der Waals surface area contributed by atoms with Gasteiger partial charge in [-0.1, -0.05) is 31.2 Å². The Kier molecular flexibility index (Phi) is 5.89. The van der Waals surface area contributed by atoms with Crippen LogP contribution in [0.25, 0.3) is 11.0 Å². The van der Waals surface area contributed by atoms with Crippen LogP contribution in [-0.2, 0) is 17.8 Å². The number of carbonyl (C=O) groups is 1. The largest absolute Gasteiger partial charge is 0.494 e. The average Bonchev–Trinajstić information content (AvgIpc) is 3.05. The van der Waals surface area contributed by atoms with E-state index in [4.69, 9.17) is 4.74 Å². The molecule has 1 amide bonds. The van der Waals surface area contributed by atoms with Crippen molar-refractivity contribution in [3.05, 3.63) is 59.9 Å². The first-order chi connectivity index (χ1) is 12.7. The number of rotatable bonds is 9. The molecule has 0 aliphatic heterocycles. The number of para-hydroxylation sites is 2. The number of benzene rings is 2. The Morgan fingerprint density at radius 1 is 1.19 bits per heavy atom. The number of fused-ring (bicyclic) bond motifs is 1. The van der Waals surface area contributed by atoms with Crippen molar-refractivity contribution < 1.29 is 9.53 Å². The molecule has 26 heavy (non-hydrogen) atoms. The highest BCUT2D eigenvalue weighted by atomic mass is 16.5. The lowest BCUT2D eigenvalue weighted by molar-refractivity contribution is -0.110. The zero-order valence-electron chi connectivity index (χ0n) is 15.3. The molecule has 5 heteroatoms. The van der Waals surface area contributed by atoms with E-state index in [1.807, 2.05) is 37.3 Å². The number of hydrogen-bond donors (Lipinski definition) is 1. The smallest absolute Gasteiger partial charge is 0.207 e. The fourth-order valence-electron chi connectivity index (χ4n) is 3.07. The number of carbonyl (C=O) groups excluding carboxylic acids is 1. The van der Waals surface area contributed by atoms with E-state index in [1.54, 1.807) is 0 Å². The lowest BCUT2D eigenvalue weighted by atomic mass is 10.2. The van der Waals surface area contributed by atoms with Crippen LogP contribution in [0.3, 0.4) is 0 Å². The minimum atomic E-state index is -0.137. The Balaban J connectivity index is 1.67. The number of aryl methyl sites for hydroxylation is 2. The van der Waals surface area contributed by atoms with Crippen molar-refractivity contribution >= 4 is 17.4 Å². The molecule has 0 unspecified atom stereocenters. The van der Waals surface area contributed by atoms with E-state index < -0.39 is 0 Å². The molecule has 0 aliphatic carbocycles. The highest BCUT2D eigenvalue weighted by Gasteiger charge is 2.15. The van der Waals surface area contributed by atoms with Gasteiger partial charge in [0.1, 0.15) is 11.6 Å². The molecule has 0 spiro atoms. The van der Waals surface area contributed by atoms with Gasteiger partial charge in [-0.2, -0.15) is 0 Å². The van der Waals surface area contributed by atoms with Crippen LogP contribution in [0.4, 0.5) is 0 Å². The normalized spacial score (nSPS) is 12.1. The molecule has 5 nitrogen and oxygen atoms in total. The molecular formula is C21H25N3O2. The number of aromatic nitrogens is 2. The van der Waals surface area contributed by atoms with E-state index in [1.165, 1.54) is 5.56 Å². The Hall–Kier alpha value is -2.82. The topological polar surface area (TPSA) is 56.1 Å². The van der Waals surface area contributed by atoms with Gasteiger partial charge >= 0.3 is 0 Å². The van der Waals surface area contributed by atoms with E-state index >= 15 is 0 Å². The molecule has 0 aliphatic rings. The summed E-state index contributed by atoms with van der Waals surface area (Å²) in [4.78, 5) is 15.5.